The molecule has 5 heteroatoms. The van der Waals surface area contributed by atoms with Gasteiger partial charge < -0.3 is 0 Å². The van der Waals surface area contributed by atoms with E-state index in [-0.39, 0.29) is 5.69 Å². The lowest BCUT2D eigenvalue weighted by Gasteiger charge is -2.01. The van der Waals surface area contributed by atoms with Crippen LogP contribution >= 0.6 is 0 Å². The average Bonchev–Trinajstić information content (AvgIpc) is 2.54. The number of nitrogens with zero attached hydrogens (tertiary/aromatic N) is 2. The zero-order chi connectivity index (χ0) is 11.7. The highest BCUT2D eigenvalue weighted by Gasteiger charge is 2.12. The van der Waals surface area contributed by atoms with Gasteiger partial charge in [-0.25, -0.2) is 4.68 Å². The lowest BCUT2D eigenvalue weighted by molar-refractivity contribution is 0.834. The standard InChI is InChI=1S/C11H11N3O2/c1-7-4-3-5-9(6-7)14-11(15)10(13-16)8(2)12-14/h3-6,12H,1-2H3. The fourth-order valence-electron chi connectivity index (χ4n) is 1.59. The van der Waals surface area contributed by atoms with Gasteiger partial charge in [0, 0.05) is 0 Å². The van der Waals surface area contributed by atoms with Gasteiger partial charge in [-0.05, 0) is 36.7 Å². The first-order valence-corrected chi connectivity index (χ1v) is 4.85. The second kappa shape index (κ2) is 3.77. The van der Waals surface area contributed by atoms with Crippen molar-refractivity contribution in [3.63, 3.8) is 0 Å². The number of aromatic nitrogens is 2. The Bertz CT molecular complexity index is 596. The van der Waals surface area contributed by atoms with Gasteiger partial charge in [-0.3, -0.25) is 9.89 Å². The molecule has 5 nitrogen and oxygen atoms in total. The number of nitrogens with one attached hydrogen (secondary N) is 1. The van der Waals surface area contributed by atoms with Gasteiger partial charge in [-0.15, -0.1) is 4.91 Å². The Hall–Kier alpha value is -2.17. The molecule has 1 heterocycles. The van der Waals surface area contributed by atoms with Gasteiger partial charge in [-0.1, -0.05) is 12.1 Å². The van der Waals surface area contributed by atoms with Gasteiger partial charge in [0.15, 0.2) is 5.69 Å². The van der Waals surface area contributed by atoms with Crippen LogP contribution < -0.4 is 5.56 Å². The highest BCUT2D eigenvalue weighted by atomic mass is 16.3. The van der Waals surface area contributed by atoms with Crippen molar-refractivity contribution in [2.45, 2.75) is 13.8 Å². The number of aryl methyl sites for hydroxylation is 2. The van der Waals surface area contributed by atoms with E-state index in [2.05, 4.69) is 10.3 Å². The number of H-pyrrole nitrogens is 1. The Morgan fingerprint density at radius 2 is 2.06 bits per heavy atom. The maximum Gasteiger partial charge on any atom is 0.301 e. The molecule has 0 aliphatic heterocycles. The summed E-state index contributed by atoms with van der Waals surface area (Å²) in [4.78, 5) is 22.2. The minimum Gasteiger partial charge on any atom is -0.293 e. The van der Waals surface area contributed by atoms with Crippen LogP contribution in [0.3, 0.4) is 0 Å². The molecule has 0 unspecified atom stereocenters. The summed E-state index contributed by atoms with van der Waals surface area (Å²) in [7, 11) is 0. The van der Waals surface area contributed by atoms with Gasteiger partial charge in [-0.2, -0.15) is 0 Å². The van der Waals surface area contributed by atoms with Crippen molar-refractivity contribution in [3.05, 3.63) is 50.8 Å². The van der Waals surface area contributed by atoms with E-state index in [1.807, 2.05) is 25.1 Å². The predicted octanol–water partition coefficient (Wildman–Crippen LogP) is 2.18. The summed E-state index contributed by atoms with van der Waals surface area (Å²) in [5.41, 5.74) is 1.72. The maximum atomic E-state index is 11.8. The average molecular weight is 217 g/mol. The topological polar surface area (TPSA) is 67.2 Å². The molecular weight excluding hydrogens is 206 g/mol. The van der Waals surface area contributed by atoms with Crippen molar-refractivity contribution in [2.24, 2.45) is 5.18 Å². The molecule has 0 fully saturated rings. The van der Waals surface area contributed by atoms with E-state index in [1.165, 1.54) is 4.68 Å². The third-order valence-electron chi connectivity index (χ3n) is 2.39. The molecule has 0 bridgehead atoms. The Balaban J connectivity index is 2.66. The van der Waals surface area contributed by atoms with Crippen LogP contribution in [-0.2, 0) is 0 Å². The first-order valence-electron chi connectivity index (χ1n) is 4.85. The Kier molecular flexibility index (Phi) is 2.44. The number of hydrogen-bond acceptors (Lipinski definition) is 3. The number of nitroso groups, excluding NO2 is 1. The Labute approximate surface area is 91.7 Å². The quantitative estimate of drug-likeness (QED) is 0.783. The summed E-state index contributed by atoms with van der Waals surface area (Å²) < 4.78 is 1.32. The normalized spacial score (nSPS) is 10.4. The summed E-state index contributed by atoms with van der Waals surface area (Å²) in [5, 5.41) is 5.54. The SMILES string of the molecule is Cc1cccc(-n2[nH]c(C)c(N=O)c2=O)c1. The van der Waals surface area contributed by atoms with Gasteiger partial charge in [0.2, 0.25) is 0 Å². The van der Waals surface area contributed by atoms with Crippen molar-refractivity contribution >= 4 is 5.69 Å². The Morgan fingerprint density at radius 1 is 1.31 bits per heavy atom. The first kappa shape index (κ1) is 10.4. The zero-order valence-corrected chi connectivity index (χ0v) is 9.02. The van der Waals surface area contributed by atoms with Gasteiger partial charge in [0.25, 0.3) is 0 Å². The molecular formula is C11H11N3O2. The van der Waals surface area contributed by atoms with E-state index in [4.69, 9.17) is 0 Å². The molecule has 16 heavy (non-hydrogen) atoms. The van der Waals surface area contributed by atoms with Crippen LogP contribution in [0, 0.1) is 18.8 Å². The van der Waals surface area contributed by atoms with Crippen molar-refractivity contribution in [1.29, 1.82) is 0 Å². The number of rotatable bonds is 2. The first-order chi connectivity index (χ1) is 7.63. The van der Waals surface area contributed by atoms with E-state index < -0.39 is 5.56 Å². The number of aromatic amines is 1. The predicted molar refractivity (Wildman–Crippen MR) is 61.3 cm³/mol. The van der Waals surface area contributed by atoms with Crippen LogP contribution in [-0.4, -0.2) is 9.78 Å². The lowest BCUT2D eigenvalue weighted by atomic mass is 10.2. The maximum absolute atomic E-state index is 11.8. The van der Waals surface area contributed by atoms with E-state index in [9.17, 15) is 9.70 Å². The lowest BCUT2D eigenvalue weighted by Crippen LogP contribution is -2.13. The third kappa shape index (κ3) is 1.56. The van der Waals surface area contributed by atoms with Crippen molar-refractivity contribution in [1.82, 2.24) is 9.78 Å². The molecule has 1 aromatic carbocycles. The summed E-state index contributed by atoms with van der Waals surface area (Å²) in [6.45, 7) is 3.58. The van der Waals surface area contributed by atoms with Gasteiger partial charge in [0.05, 0.1) is 11.4 Å². The molecule has 0 aliphatic carbocycles. The number of hydrogen-bond donors (Lipinski definition) is 1. The van der Waals surface area contributed by atoms with E-state index in [0.717, 1.165) is 5.56 Å². The van der Waals surface area contributed by atoms with Crippen molar-refractivity contribution < 1.29 is 0 Å². The Morgan fingerprint density at radius 3 is 2.62 bits per heavy atom. The third-order valence-corrected chi connectivity index (χ3v) is 2.39. The summed E-state index contributed by atoms with van der Waals surface area (Å²) in [5.74, 6) is 0. The van der Waals surface area contributed by atoms with Crippen LogP contribution in [0.5, 0.6) is 0 Å². The molecule has 0 atom stereocenters. The largest absolute Gasteiger partial charge is 0.301 e. The second-order valence-electron chi connectivity index (χ2n) is 3.66. The molecule has 2 aromatic rings. The van der Waals surface area contributed by atoms with Crippen LogP contribution in [0.25, 0.3) is 5.69 Å². The molecule has 0 aliphatic rings. The summed E-state index contributed by atoms with van der Waals surface area (Å²) in [6.07, 6.45) is 0. The van der Waals surface area contributed by atoms with E-state index in [0.29, 0.717) is 11.4 Å². The fourth-order valence-corrected chi connectivity index (χ4v) is 1.59. The van der Waals surface area contributed by atoms with E-state index in [1.54, 1.807) is 13.0 Å². The highest BCUT2D eigenvalue weighted by Crippen LogP contribution is 2.13. The minimum atomic E-state index is -0.418. The molecule has 0 spiro atoms. The molecule has 1 N–H and O–H groups in total. The van der Waals surface area contributed by atoms with Crippen molar-refractivity contribution in [3.8, 4) is 5.69 Å². The minimum absolute atomic E-state index is 0.0680. The second-order valence-corrected chi connectivity index (χ2v) is 3.66. The molecule has 0 saturated heterocycles. The molecule has 82 valence electrons. The molecule has 0 amide bonds. The van der Waals surface area contributed by atoms with E-state index >= 15 is 0 Å². The molecule has 2 rings (SSSR count). The van der Waals surface area contributed by atoms with Crippen LogP contribution in [0.2, 0.25) is 0 Å². The smallest absolute Gasteiger partial charge is 0.293 e. The van der Waals surface area contributed by atoms with Crippen LogP contribution in [0.15, 0.2) is 34.2 Å². The van der Waals surface area contributed by atoms with Crippen LogP contribution in [0.1, 0.15) is 11.3 Å². The number of benzene rings is 1. The zero-order valence-electron chi connectivity index (χ0n) is 9.02. The van der Waals surface area contributed by atoms with Crippen LogP contribution in [0.4, 0.5) is 5.69 Å². The molecule has 0 radical (unpaired) electrons. The van der Waals surface area contributed by atoms with Gasteiger partial charge in [0.1, 0.15) is 0 Å². The molecule has 0 saturated carbocycles. The summed E-state index contributed by atoms with van der Waals surface area (Å²) >= 11 is 0. The highest BCUT2D eigenvalue weighted by molar-refractivity contribution is 5.43. The van der Waals surface area contributed by atoms with Gasteiger partial charge >= 0.3 is 5.56 Å². The summed E-state index contributed by atoms with van der Waals surface area (Å²) in [6, 6.07) is 7.43. The monoisotopic (exact) mass is 217 g/mol. The molecule has 1 aromatic heterocycles. The van der Waals surface area contributed by atoms with Crippen molar-refractivity contribution in [2.75, 3.05) is 0 Å². The fraction of sp³-hybridized carbons (Fsp3) is 0.182.